The molecule has 0 aromatic carbocycles. The second-order valence-corrected chi connectivity index (χ2v) is 7.17. The molecule has 9 nitrogen and oxygen atoms in total. The molecule has 4 heterocycles. The van der Waals surface area contributed by atoms with Gasteiger partial charge in [-0.15, -0.1) is 5.73 Å². The van der Waals surface area contributed by atoms with Crippen molar-refractivity contribution in [3.8, 4) is 0 Å². The van der Waals surface area contributed by atoms with Gasteiger partial charge in [-0.05, 0) is 35.9 Å². The number of alkyl halides is 1. The molecule has 2 unspecified atom stereocenters. The molecule has 4 amide bonds. The predicted octanol–water partition coefficient (Wildman–Crippen LogP) is 2.24. The number of imide groups is 1. The van der Waals surface area contributed by atoms with Gasteiger partial charge in [0.1, 0.15) is 11.5 Å². The number of allylic oxidation sites excluding steroid dienone is 3. The highest BCUT2D eigenvalue weighted by Crippen LogP contribution is 2.30. The molecule has 0 saturated carbocycles. The van der Waals surface area contributed by atoms with Crippen LogP contribution in [-0.2, 0) is 14.3 Å². The van der Waals surface area contributed by atoms with E-state index in [0.29, 0.717) is 23.9 Å². The van der Waals surface area contributed by atoms with Crippen LogP contribution in [0.15, 0.2) is 62.4 Å². The lowest BCUT2D eigenvalue weighted by molar-refractivity contribution is -0.124. The Morgan fingerprint density at radius 1 is 1.31 bits per heavy atom. The molecule has 1 saturated heterocycles. The fourth-order valence-corrected chi connectivity index (χ4v) is 3.46. The van der Waals surface area contributed by atoms with Crippen molar-refractivity contribution in [3.05, 3.63) is 64.3 Å². The number of fused-ring (bicyclic) bond motifs is 1. The monoisotopic (exact) mass is 438 g/mol. The van der Waals surface area contributed by atoms with E-state index in [9.17, 15) is 18.8 Å². The maximum atomic E-state index is 13.8. The molecule has 5 rings (SSSR count). The molecule has 0 bridgehead atoms. The molecular formula is C22H19FN4O5. The largest absolute Gasteiger partial charge is 0.497 e. The van der Waals surface area contributed by atoms with Crippen molar-refractivity contribution in [2.24, 2.45) is 4.99 Å². The van der Waals surface area contributed by atoms with Crippen LogP contribution >= 0.6 is 0 Å². The van der Waals surface area contributed by atoms with Crippen molar-refractivity contribution in [2.45, 2.75) is 12.2 Å². The topological polar surface area (TPSA) is 113 Å². The summed E-state index contributed by atoms with van der Waals surface area (Å²) < 4.78 is 24.1. The SMILES string of the molecule is COC1=CC(F)C2=C(C=C1)CN(C)C2=O.O=C1NC(=O)C(c2cc3c(o2)N=CC=C=C3)N1. The van der Waals surface area contributed by atoms with Crippen LogP contribution in [0.3, 0.4) is 0 Å². The Morgan fingerprint density at radius 2 is 2.12 bits per heavy atom. The van der Waals surface area contributed by atoms with Gasteiger partial charge in [0.2, 0.25) is 5.88 Å². The van der Waals surface area contributed by atoms with E-state index in [1.807, 2.05) is 0 Å². The standard InChI is InChI=1S/C11H12FNO2.C11H7N3O3/c1-13-6-7-3-4-8(15-2)5-9(12)10(7)11(13)14;15-9-8(13-11(16)14-9)7-5-6-3-1-2-4-12-10(6)17-7/h3-5,9H,6H2,1-2H3;2-5,8H,(H2,13,14,15,16). The highest BCUT2D eigenvalue weighted by atomic mass is 19.1. The van der Waals surface area contributed by atoms with Crippen LogP contribution in [0.1, 0.15) is 17.4 Å². The number of carbonyl (C=O) groups excluding carboxylic acids is 3. The molecule has 0 spiro atoms. The zero-order chi connectivity index (χ0) is 22.8. The van der Waals surface area contributed by atoms with Gasteiger partial charge < -0.3 is 19.4 Å². The van der Waals surface area contributed by atoms with Crippen LogP contribution in [0.5, 0.6) is 0 Å². The summed E-state index contributed by atoms with van der Waals surface area (Å²) in [5, 5.41) is 4.60. The van der Waals surface area contributed by atoms with Gasteiger partial charge in [-0.25, -0.2) is 14.2 Å². The number of aliphatic imine (C=N–C) groups is 1. The maximum absolute atomic E-state index is 13.8. The summed E-state index contributed by atoms with van der Waals surface area (Å²) in [5.74, 6) is 0.538. The molecule has 1 aromatic rings. The number of amides is 4. The normalized spacial score (nSPS) is 23.0. The minimum Gasteiger partial charge on any atom is -0.497 e. The third-order valence-corrected chi connectivity index (χ3v) is 5.02. The lowest BCUT2D eigenvalue weighted by Crippen LogP contribution is -2.24. The fraction of sp³-hybridized carbons (Fsp3) is 0.227. The van der Waals surface area contributed by atoms with E-state index in [1.54, 1.807) is 43.6 Å². The minimum atomic E-state index is -1.37. The molecule has 10 heteroatoms. The molecule has 2 N–H and O–H groups in total. The van der Waals surface area contributed by atoms with Crippen LogP contribution in [0, 0.1) is 0 Å². The summed E-state index contributed by atoms with van der Waals surface area (Å²) in [6.07, 6.45) is 8.26. The van der Waals surface area contributed by atoms with Gasteiger partial charge in [0.15, 0.2) is 12.2 Å². The zero-order valence-electron chi connectivity index (χ0n) is 17.2. The van der Waals surface area contributed by atoms with Crippen molar-refractivity contribution in [3.63, 3.8) is 0 Å². The Hall–Kier alpha value is -4.17. The first kappa shape index (κ1) is 21.1. The summed E-state index contributed by atoms with van der Waals surface area (Å²) in [5.41, 5.74) is 4.57. The third kappa shape index (κ3) is 4.03. The van der Waals surface area contributed by atoms with Crippen molar-refractivity contribution >= 4 is 36.0 Å². The number of likely N-dealkylation sites (N-methyl/N-ethyl adjacent to an activating group) is 1. The van der Waals surface area contributed by atoms with Crippen LogP contribution in [0.25, 0.3) is 6.08 Å². The minimum absolute atomic E-state index is 0.237. The molecular weight excluding hydrogens is 419 g/mol. The van der Waals surface area contributed by atoms with Crippen LogP contribution in [0.4, 0.5) is 15.1 Å². The first-order valence-electron chi connectivity index (χ1n) is 9.64. The average molecular weight is 438 g/mol. The number of rotatable bonds is 2. The van der Waals surface area contributed by atoms with Crippen LogP contribution in [-0.4, -0.2) is 55.8 Å². The number of halogens is 1. The number of nitrogens with one attached hydrogen (secondary N) is 2. The summed E-state index contributed by atoms with van der Waals surface area (Å²) in [4.78, 5) is 39.6. The first-order chi connectivity index (χ1) is 15.4. The molecule has 1 aliphatic carbocycles. The van der Waals surface area contributed by atoms with E-state index >= 15 is 0 Å². The number of nitrogens with zero attached hydrogens (tertiary/aromatic N) is 2. The summed E-state index contributed by atoms with van der Waals surface area (Å²) in [7, 11) is 3.14. The van der Waals surface area contributed by atoms with Gasteiger partial charge in [-0.1, -0.05) is 6.08 Å². The first-order valence-corrected chi connectivity index (χ1v) is 9.64. The Bertz CT molecular complexity index is 1180. The number of urea groups is 1. The number of methoxy groups -OCH3 is 1. The number of ether oxygens (including phenoxy) is 1. The quantitative estimate of drug-likeness (QED) is 0.543. The second-order valence-electron chi connectivity index (χ2n) is 7.17. The number of hydrogen-bond acceptors (Lipinski definition) is 6. The van der Waals surface area contributed by atoms with Gasteiger partial charge >= 0.3 is 6.03 Å². The maximum Gasteiger partial charge on any atom is 0.322 e. The fourth-order valence-electron chi connectivity index (χ4n) is 3.46. The molecule has 0 radical (unpaired) electrons. The number of furan rings is 1. The van der Waals surface area contributed by atoms with Crippen molar-refractivity contribution in [1.29, 1.82) is 0 Å². The lowest BCUT2D eigenvalue weighted by atomic mass is 10.1. The van der Waals surface area contributed by atoms with E-state index in [-0.39, 0.29) is 11.5 Å². The molecule has 1 aromatic heterocycles. The van der Waals surface area contributed by atoms with Crippen molar-refractivity contribution in [1.82, 2.24) is 15.5 Å². The van der Waals surface area contributed by atoms with E-state index in [0.717, 1.165) is 11.1 Å². The third-order valence-electron chi connectivity index (χ3n) is 5.02. The van der Waals surface area contributed by atoms with Crippen LogP contribution < -0.4 is 10.6 Å². The van der Waals surface area contributed by atoms with Crippen LogP contribution in [0.2, 0.25) is 0 Å². The van der Waals surface area contributed by atoms with E-state index in [2.05, 4.69) is 21.4 Å². The van der Waals surface area contributed by atoms with E-state index < -0.39 is 24.2 Å². The summed E-state index contributed by atoms with van der Waals surface area (Å²) >= 11 is 0. The molecule has 1 fully saturated rings. The Kier molecular flexibility index (Phi) is 5.61. The van der Waals surface area contributed by atoms with E-state index in [4.69, 9.17) is 9.15 Å². The van der Waals surface area contributed by atoms with Gasteiger partial charge in [0, 0.05) is 25.4 Å². The Morgan fingerprint density at radius 3 is 2.84 bits per heavy atom. The molecule has 2 atom stereocenters. The predicted molar refractivity (Wildman–Crippen MR) is 113 cm³/mol. The summed E-state index contributed by atoms with van der Waals surface area (Å²) in [6.45, 7) is 0.468. The Balaban J connectivity index is 0.000000155. The number of hydrogen-bond donors (Lipinski definition) is 2. The lowest BCUT2D eigenvalue weighted by Gasteiger charge is -2.10. The van der Waals surface area contributed by atoms with Crippen molar-refractivity contribution < 1.29 is 27.9 Å². The number of carbonyl (C=O) groups is 3. The smallest absolute Gasteiger partial charge is 0.322 e. The zero-order valence-corrected chi connectivity index (χ0v) is 17.2. The van der Waals surface area contributed by atoms with Gasteiger partial charge in [-0.3, -0.25) is 14.9 Å². The average Bonchev–Trinajstić information content (AvgIpc) is 3.30. The molecule has 32 heavy (non-hydrogen) atoms. The summed E-state index contributed by atoms with van der Waals surface area (Å²) in [6, 6.07) is 0.349. The van der Waals surface area contributed by atoms with Gasteiger partial charge in [0.25, 0.3) is 11.8 Å². The van der Waals surface area contributed by atoms with Gasteiger partial charge in [0.05, 0.1) is 12.7 Å². The highest BCUT2D eigenvalue weighted by molar-refractivity contribution is 6.04. The second kappa shape index (κ2) is 8.52. The van der Waals surface area contributed by atoms with E-state index in [1.165, 1.54) is 18.1 Å². The highest BCUT2D eigenvalue weighted by Gasteiger charge is 2.34. The molecule has 4 aliphatic rings. The Labute approximate surface area is 182 Å². The molecule has 3 aliphatic heterocycles. The van der Waals surface area contributed by atoms with Crippen molar-refractivity contribution in [2.75, 3.05) is 20.7 Å². The van der Waals surface area contributed by atoms with Gasteiger partial charge in [-0.2, -0.15) is 0 Å². The molecule has 164 valence electrons.